The van der Waals surface area contributed by atoms with Crippen molar-refractivity contribution in [1.29, 1.82) is 0 Å². The monoisotopic (exact) mass is 257 g/mol. The molecule has 1 aliphatic heterocycles. The minimum Gasteiger partial charge on any atom is -0.381 e. The molecule has 1 fully saturated rings. The highest BCUT2D eigenvalue weighted by atomic mass is 79.9. The smallest absolute Gasteiger partial charge is 0.330 e. The standard InChI is InChI=1S/C8H14BrF2NO/c1-6(2)12-4-3-7(13,5-12)8(9,10)11/h6,13H,3-5H2,1-2H3. The zero-order valence-electron chi connectivity index (χ0n) is 7.73. The summed E-state index contributed by atoms with van der Waals surface area (Å²) >= 11 is 2.23. The van der Waals surface area contributed by atoms with Crippen LogP contribution in [0.2, 0.25) is 0 Å². The molecule has 0 amide bonds. The minimum absolute atomic E-state index is 0.0307. The van der Waals surface area contributed by atoms with Crippen LogP contribution >= 0.6 is 15.9 Å². The highest BCUT2D eigenvalue weighted by Crippen LogP contribution is 2.41. The van der Waals surface area contributed by atoms with Gasteiger partial charge in [-0.1, -0.05) is 0 Å². The van der Waals surface area contributed by atoms with Gasteiger partial charge in [-0.3, -0.25) is 4.90 Å². The molecule has 0 spiro atoms. The number of likely N-dealkylation sites (tertiary alicyclic amines) is 1. The molecule has 0 aliphatic carbocycles. The number of hydrogen-bond acceptors (Lipinski definition) is 2. The number of alkyl halides is 3. The van der Waals surface area contributed by atoms with E-state index in [1.54, 1.807) is 0 Å². The van der Waals surface area contributed by atoms with E-state index in [1.165, 1.54) is 0 Å². The number of β-amino-alcohol motifs (C(OH)–C–C–N with tert-alkyl or cyclic N) is 1. The number of hydrogen-bond donors (Lipinski definition) is 1. The highest BCUT2D eigenvalue weighted by Gasteiger charge is 2.54. The van der Waals surface area contributed by atoms with Gasteiger partial charge in [0.15, 0.2) is 5.60 Å². The van der Waals surface area contributed by atoms with Crippen LogP contribution in [0.4, 0.5) is 8.78 Å². The molecule has 1 unspecified atom stereocenters. The third-order valence-electron chi connectivity index (χ3n) is 2.54. The lowest BCUT2D eigenvalue weighted by atomic mass is 10.1. The average molecular weight is 258 g/mol. The fourth-order valence-electron chi connectivity index (χ4n) is 1.49. The second kappa shape index (κ2) is 3.44. The first-order chi connectivity index (χ1) is 5.76. The molecule has 2 nitrogen and oxygen atoms in total. The zero-order valence-corrected chi connectivity index (χ0v) is 9.31. The van der Waals surface area contributed by atoms with Gasteiger partial charge in [-0.25, -0.2) is 0 Å². The summed E-state index contributed by atoms with van der Waals surface area (Å²) in [6.07, 6.45) is 0.115. The van der Waals surface area contributed by atoms with Crippen LogP contribution in [-0.2, 0) is 0 Å². The Morgan fingerprint density at radius 2 is 2.08 bits per heavy atom. The molecule has 0 bridgehead atoms. The number of rotatable bonds is 2. The average Bonchev–Trinajstić information content (AvgIpc) is 2.31. The predicted molar refractivity (Wildman–Crippen MR) is 50.1 cm³/mol. The summed E-state index contributed by atoms with van der Waals surface area (Å²) in [7, 11) is 0. The van der Waals surface area contributed by atoms with E-state index in [0.29, 0.717) is 6.54 Å². The molecule has 0 saturated carbocycles. The second-order valence-corrected chi connectivity index (χ2v) is 4.84. The molecule has 1 aliphatic rings. The molecule has 0 aromatic rings. The van der Waals surface area contributed by atoms with E-state index in [4.69, 9.17) is 0 Å². The maximum atomic E-state index is 12.9. The molecule has 0 aromatic carbocycles. The molecular weight excluding hydrogens is 244 g/mol. The lowest BCUT2D eigenvalue weighted by Gasteiger charge is -2.29. The lowest BCUT2D eigenvalue weighted by molar-refractivity contribution is -0.108. The molecule has 1 atom stereocenters. The van der Waals surface area contributed by atoms with Gasteiger partial charge in [0.05, 0.1) is 0 Å². The molecule has 0 radical (unpaired) electrons. The van der Waals surface area contributed by atoms with E-state index < -0.39 is 10.4 Å². The van der Waals surface area contributed by atoms with Crippen LogP contribution in [0, 0.1) is 0 Å². The van der Waals surface area contributed by atoms with Crippen molar-refractivity contribution in [3.8, 4) is 0 Å². The van der Waals surface area contributed by atoms with E-state index in [9.17, 15) is 13.9 Å². The molecule has 5 heteroatoms. The van der Waals surface area contributed by atoms with E-state index in [1.807, 2.05) is 18.7 Å². The molecular formula is C8H14BrF2NO. The topological polar surface area (TPSA) is 23.5 Å². The summed E-state index contributed by atoms with van der Waals surface area (Å²) in [5, 5.41) is 9.61. The van der Waals surface area contributed by atoms with E-state index in [-0.39, 0.29) is 19.0 Å². The van der Waals surface area contributed by atoms with E-state index in [0.717, 1.165) is 0 Å². The predicted octanol–water partition coefficient (Wildman–Crippen LogP) is 1.82. The van der Waals surface area contributed by atoms with Crippen LogP contribution in [0.15, 0.2) is 0 Å². The third-order valence-corrected chi connectivity index (χ3v) is 3.27. The molecule has 1 N–H and O–H groups in total. The van der Waals surface area contributed by atoms with E-state index >= 15 is 0 Å². The maximum Gasteiger partial charge on any atom is 0.330 e. The second-order valence-electron chi connectivity index (χ2n) is 3.84. The Morgan fingerprint density at radius 1 is 1.54 bits per heavy atom. The third kappa shape index (κ3) is 2.19. The Morgan fingerprint density at radius 3 is 2.31 bits per heavy atom. The fraction of sp³-hybridized carbons (Fsp3) is 1.00. The molecule has 1 heterocycles. The normalized spacial score (nSPS) is 31.6. The van der Waals surface area contributed by atoms with Crippen molar-refractivity contribution in [2.75, 3.05) is 13.1 Å². The summed E-state index contributed by atoms with van der Waals surface area (Å²) < 4.78 is 25.8. The minimum atomic E-state index is -3.19. The molecule has 0 aromatic heterocycles. The number of aliphatic hydroxyl groups is 1. The van der Waals surface area contributed by atoms with Crippen LogP contribution in [0.1, 0.15) is 20.3 Å². The first-order valence-electron chi connectivity index (χ1n) is 4.29. The van der Waals surface area contributed by atoms with Crippen molar-refractivity contribution in [1.82, 2.24) is 4.90 Å². The zero-order chi connectivity index (χ0) is 10.3. The Kier molecular flexibility index (Phi) is 3.00. The Hall–Kier alpha value is 0.260. The first-order valence-corrected chi connectivity index (χ1v) is 5.09. The molecule has 13 heavy (non-hydrogen) atoms. The molecule has 1 saturated heterocycles. The van der Waals surface area contributed by atoms with Gasteiger partial charge in [-0.15, -0.1) is 0 Å². The van der Waals surface area contributed by atoms with Gasteiger partial charge in [0, 0.05) is 19.1 Å². The summed E-state index contributed by atoms with van der Waals surface area (Å²) in [5.74, 6) is 0. The summed E-state index contributed by atoms with van der Waals surface area (Å²) in [5.41, 5.74) is -1.91. The van der Waals surface area contributed by atoms with Crippen LogP contribution in [0.25, 0.3) is 0 Å². The Bertz CT molecular complexity index is 195. The fourth-order valence-corrected chi connectivity index (χ4v) is 1.82. The molecule has 1 rings (SSSR count). The van der Waals surface area contributed by atoms with Crippen molar-refractivity contribution in [3.63, 3.8) is 0 Å². The van der Waals surface area contributed by atoms with Crippen molar-refractivity contribution in [2.45, 2.75) is 36.7 Å². The van der Waals surface area contributed by atoms with Crippen LogP contribution in [0.5, 0.6) is 0 Å². The van der Waals surface area contributed by atoms with Crippen LogP contribution < -0.4 is 0 Å². The van der Waals surface area contributed by atoms with Gasteiger partial charge in [0.2, 0.25) is 0 Å². The lowest BCUT2D eigenvalue weighted by Crippen LogP contribution is -2.47. The number of nitrogens with zero attached hydrogens (tertiary/aromatic N) is 1. The van der Waals surface area contributed by atoms with Crippen molar-refractivity contribution >= 4 is 15.9 Å². The number of halogens is 3. The van der Waals surface area contributed by atoms with Gasteiger partial charge in [0.1, 0.15) is 0 Å². The van der Waals surface area contributed by atoms with Gasteiger partial charge in [-0.2, -0.15) is 8.78 Å². The largest absolute Gasteiger partial charge is 0.381 e. The highest BCUT2D eigenvalue weighted by molar-refractivity contribution is 9.10. The van der Waals surface area contributed by atoms with Crippen molar-refractivity contribution < 1.29 is 13.9 Å². The molecule has 78 valence electrons. The van der Waals surface area contributed by atoms with Gasteiger partial charge < -0.3 is 5.11 Å². The first kappa shape index (κ1) is 11.3. The van der Waals surface area contributed by atoms with Crippen LogP contribution in [0.3, 0.4) is 0 Å². The van der Waals surface area contributed by atoms with Gasteiger partial charge >= 0.3 is 4.83 Å². The van der Waals surface area contributed by atoms with Crippen molar-refractivity contribution in [2.24, 2.45) is 0 Å². The summed E-state index contributed by atoms with van der Waals surface area (Å²) in [6, 6.07) is 0.198. The van der Waals surface area contributed by atoms with Gasteiger partial charge in [-0.05, 0) is 36.2 Å². The summed E-state index contributed by atoms with van der Waals surface area (Å²) in [4.78, 5) is -1.35. The summed E-state index contributed by atoms with van der Waals surface area (Å²) in [6.45, 7) is 4.41. The van der Waals surface area contributed by atoms with E-state index in [2.05, 4.69) is 15.9 Å². The van der Waals surface area contributed by atoms with Gasteiger partial charge in [0.25, 0.3) is 0 Å². The Labute approximate surface area is 85.0 Å². The maximum absolute atomic E-state index is 12.9. The quantitative estimate of drug-likeness (QED) is 0.764. The van der Waals surface area contributed by atoms with Crippen molar-refractivity contribution in [3.05, 3.63) is 0 Å². The Balaban J connectivity index is 2.67. The SMILES string of the molecule is CC(C)N1CCC(O)(C(F)(F)Br)C1. The van der Waals surface area contributed by atoms with Crippen LogP contribution in [-0.4, -0.2) is 39.6 Å².